The molecule has 0 atom stereocenters. The minimum absolute atomic E-state index is 0.156. The predicted octanol–water partition coefficient (Wildman–Crippen LogP) is 1.27. The molecule has 0 aliphatic carbocycles. The molecule has 0 heterocycles. The highest BCUT2D eigenvalue weighted by molar-refractivity contribution is 6.14. The third-order valence-corrected chi connectivity index (χ3v) is 2.56. The van der Waals surface area contributed by atoms with E-state index in [9.17, 15) is 9.59 Å². The topological polar surface area (TPSA) is 75.8 Å². The zero-order valence-corrected chi connectivity index (χ0v) is 9.48. The van der Waals surface area contributed by atoms with Gasteiger partial charge in [-0.3, -0.25) is 14.5 Å². The van der Waals surface area contributed by atoms with Crippen molar-refractivity contribution in [2.75, 3.05) is 4.90 Å². The molecule has 0 unspecified atom stereocenters. The highest BCUT2D eigenvalue weighted by Crippen LogP contribution is 2.25. The minimum Gasteiger partial charge on any atom is -0.369 e. The Morgan fingerprint density at radius 3 is 2.56 bits per heavy atom. The number of benzene rings is 2. The summed E-state index contributed by atoms with van der Waals surface area (Å²) in [6, 6.07) is 13.0. The van der Waals surface area contributed by atoms with Crippen molar-refractivity contribution in [1.29, 1.82) is 0 Å². The number of rotatable bonds is 3. The van der Waals surface area contributed by atoms with E-state index in [1.165, 1.54) is 0 Å². The van der Waals surface area contributed by atoms with Crippen LogP contribution in [0, 0.1) is 0 Å². The molecule has 2 rings (SSSR count). The number of fused-ring (bicyclic) bond motifs is 1. The fraction of sp³-hybridized carbons (Fsp3) is 0. The van der Waals surface area contributed by atoms with Gasteiger partial charge in [0.1, 0.15) is 0 Å². The number of aliphatic imine (C=N–C) groups is 1. The van der Waals surface area contributed by atoms with Gasteiger partial charge in [-0.15, -0.1) is 0 Å². The summed E-state index contributed by atoms with van der Waals surface area (Å²) in [5, 5.41) is 1.83. The van der Waals surface area contributed by atoms with Gasteiger partial charge < -0.3 is 5.73 Å². The van der Waals surface area contributed by atoms with Gasteiger partial charge in [-0.1, -0.05) is 36.4 Å². The first-order chi connectivity index (χ1) is 8.77. The molecule has 0 saturated carbocycles. The van der Waals surface area contributed by atoms with Crippen LogP contribution in [-0.2, 0) is 9.59 Å². The van der Waals surface area contributed by atoms with Gasteiger partial charge in [0, 0.05) is 5.39 Å². The molecule has 0 spiro atoms. The third kappa shape index (κ3) is 2.06. The number of anilines is 1. The van der Waals surface area contributed by atoms with Gasteiger partial charge in [0.05, 0.1) is 5.69 Å². The first-order valence-electron chi connectivity index (χ1n) is 5.27. The van der Waals surface area contributed by atoms with Gasteiger partial charge in [0.15, 0.2) is 0 Å². The Morgan fingerprint density at radius 2 is 1.83 bits per heavy atom. The van der Waals surface area contributed by atoms with Gasteiger partial charge in [-0.05, 0) is 11.5 Å². The summed E-state index contributed by atoms with van der Waals surface area (Å²) in [4.78, 5) is 26.0. The van der Waals surface area contributed by atoms with Crippen LogP contribution in [0.25, 0.3) is 10.8 Å². The average molecular weight is 241 g/mol. The van der Waals surface area contributed by atoms with E-state index in [0.717, 1.165) is 15.7 Å². The lowest BCUT2D eigenvalue weighted by molar-refractivity contribution is -0.106. The fourth-order valence-corrected chi connectivity index (χ4v) is 1.77. The maximum atomic E-state index is 11.1. The summed E-state index contributed by atoms with van der Waals surface area (Å²) in [6.07, 6.45) is 0.834. The van der Waals surface area contributed by atoms with Crippen molar-refractivity contribution in [1.82, 2.24) is 0 Å². The van der Waals surface area contributed by atoms with Crippen LogP contribution in [0.3, 0.4) is 0 Å². The molecule has 18 heavy (non-hydrogen) atoms. The Bertz CT molecular complexity index is 617. The Labute approximate surface area is 104 Å². The molecule has 0 radical (unpaired) electrons. The Hall–Kier alpha value is -2.69. The molecule has 5 heteroatoms. The molecule has 2 aromatic carbocycles. The van der Waals surface area contributed by atoms with E-state index in [1.54, 1.807) is 6.07 Å². The SMILES string of the molecule is NC(=NC=O)N(C=O)c1cccc2ccccc12. The number of hydrogen-bond acceptors (Lipinski definition) is 2. The van der Waals surface area contributed by atoms with Crippen LogP contribution in [0.1, 0.15) is 0 Å². The molecule has 0 aliphatic heterocycles. The monoisotopic (exact) mass is 241 g/mol. The number of hydrogen-bond donors (Lipinski definition) is 1. The Balaban J connectivity index is 2.62. The second-order valence-electron chi connectivity index (χ2n) is 3.57. The number of nitrogens with zero attached hydrogens (tertiary/aromatic N) is 2. The first-order valence-corrected chi connectivity index (χ1v) is 5.27. The molecule has 2 N–H and O–H groups in total. The van der Waals surface area contributed by atoms with Crippen LogP contribution in [-0.4, -0.2) is 18.8 Å². The molecule has 0 aliphatic rings. The van der Waals surface area contributed by atoms with Crippen LogP contribution in [0.5, 0.6) is 0 Å². The number of nitrogens with two attached hydrogens (primary N) is 1. The van der Waals surface area contributed by atoms with Crippen LogP contribution in [0.4, 0.5) is 5.69 Å². The summed E-state index contributed by atoms with van der Waals surface area (Å²) in [7, 11) is 0. The largest absolute Gasteiger partial charge is 0.369 e. The maximum absolute atomic E-state index is 11.1. The van der Waals surface area contributed by atoms with E-state index in [-0.39, 0.29) is 5.96 Å². The Kier molecular flexibility index (Phi) is 3.33. The summed E-state index contributed by atoms with van der Waals surface area (Å²) < 4.78 is 0. The van der Waals surface area contributed by atoms with Crippen molar-refractivity contribution in [3.63, 3.8) is 0 Å². The number of amides is 2. The Morgan fingerprint density at radius 1 is 1.11 bits per heavy atom. The fourth-order valence-electron chi connectivity index (χ4n) is 1.77. The minimum atomic E-state index is -0.156. The first kappa shape index (κ1) is 11.8. The van der Waals surface area contributed by atoms with Crippen molar-refractivity contribution in [2.45, 2.75) is 0 Å². The van der Waals surface area contributed by atoms with Crippen molar-refractivity contribution in [3.05, 3.63) is 42.5 Å². The second-order valence-corrected chi connectivity index (χ2v) is 3.57. The van der Waals surface area contributed by atoms with Gasteiger partial charge >= 0.3 is 0 Å². The predicted molar refractivity (Wildman–Crippen MR) is 70.2 cm³/mol. The molecule has 0 fully saturated rings. The summed E-state index contributed by atoms with van der Waals surface area (Å²) in [5.41, 5.74) is 6.16. The zero-order valence-electron chi connectivity index (χ0n) is 9.48. The number of carbonyl (C=O) groups excluding carboxylic acids is 2. The van der Waals surface area contributed by atoms with Crippen molar-refractivity contribution in [3.8, 4) is 0 Å². The summed E-state index contributed by atoms with van der Waals surface area (Å²) in [5.74, 6) is -0.156. The standard InChI is InChI=1S/C13H11N3O2/c14-13(15-8-17)16(9-18)12-7-3-5-10-4-1-2-6-11(10)12/h1-9H,(H2,14,15,17). The van der Waals surface area contributed by atoms with Gasteiger partial charge in [0.25, 0.3) is 0 Å². The normalized spacial score (nSPS) is 11.2. The van der Waals surface area contributed by atoms with E-state index in [0.29, 0.717) is 18.5 Å². The van der Waals surface area contributed by atoms with Crippen LogP contribution < -0.4 is 10.6 Å². The molecule has 0 bridgehead atoms. The van der Waals surface area contributed by atoms with Crippen molar-refractivity contribution in [2.24, 2.45) is 10.7 Å². The average Bonchev–Trinajstić information content (AvgIpc) is 2.40. The highest BCUT2D eigenvalue weighted by Gasteiger charge is 2.12. The quantitative estimate of drug-likeness (QED) is 0.499. The second kappa shape index (κ2) is 5.09. The van der Waals surface area contributed by atoms with E-state index >= 15 is 0 Å². The molecular formula is C13H11N3O2. The molecule has 2 aromatic rings. The lowest BCUT2D eigenvalue weighted by Crippen LogP contribution is -2.36. The number of carbonyl (C=O) groups is 2. The van der Waals surface area contributed by atoms with Gasteiger partial charge in [-0.2, -0.15) is 4.99 Å². The molecule has 2 amide bonds. The van der Waals surface area contributed by atoms with Crippen LogP contribution in [0.15, 0.2) is 47.5 Å². The van der Waals surface area contributed by atoms with E-state index in [4.69, 9.17) is 5.73 Å². The van der Waals surface area contributed by atoms with Gasteiger partial charge in [-0.25, -0.2) is 0 Å². The summed E-state index contributed by atoms with van der Waals surface area (Å²) in [6.45, 7) is 0. The number of guanidine groups is 1. The molecule has 90 valence electrons. The molecule has 5 nitrogen and oxygen atoms in total. The van der Waals surface area contributed by atoms with E-state index in [1.807, 2.05) is 36.4 Å². The smallest absolute Gasteiger partial charge is 0.236 e. The van der Waals surface area contributed by atoms with E-state index < -0.39 is 0 Å². The molecular weight excluding hydrogens is 230 g/mol. The lowest BCUT2D eigenvalue weighted by atomic mass is 10.1. The summed E-state index contributed by atoms with van der Waals surface area (Å²) >= 11 is 0. The molecule has 0 aromatic heterocycles. The zero-order chi connectivity index (χ0) is 13.0. The van der Waals surface area contributed by atoms with E-state index in [2.05, 4.69) is 4.99 Å². The van der Waals surface area contributed by atoms with Gasteiger partial charge in [0.2, 0.25) is 18.8 Å². The molecule has 0 saturated heterocycles. The van der Waals surface area contributed by atoms with Crippen molar-refractivity contribution < 1.29 is 9.59 Å². The lowest BCUT2D eigenvalue weighted by Gasteiger charge is -2.17. The van der Waals surface area contributed by atoms with Crippen LogP contribution >= 0.6 is 0 Å². The van der Waals surface area contributed by atoms with Crippen molar-refractivity contribution >= 4 is 35.2 Å². The maximum Gasteiger partial charge on any atom is 0.236 e. The third-order valence-electron chi connectivity index (χ3n) is 2.56. The van der Waals surface area contributed by atoms with Crippen LogP contribution in [0.2, 0.25) is 0 Å². The highest BCUT2D eigenvalue weighted by atomic mass is 16.1.